The smallest absolute Gasteiger partial charge is 0.204 e. The van der Waals surface area contributed by atoms with Gasteiger partial charge in [-0.05, 0) is 41.3 Å². The summed E-state index contributed by atoms with van der Waals surface area (Å²) in [5.74, 6) is -0.279. The maximum absolute atomic E-state index is 13.8. The van der Waals surface area contributed by atoms with Gasteiger partial charge in [0.15, 0.2) is 17.3 Å². The number of ketones is 1. The highest BCUT2D eigenvalue weighted by atomic mass is 16.5. The number of nitrogens with one attached hydrogen (secondary N) is 1. The van der Waals surface area contributed by atoms with Gasteiger partial charge in [0.2, 0.25) is 5.75 Å². The topological polar surface area (TPSA) is 121 Å². The molecule has 0 saturated heterocycles. The zero-order valence-electron chi connectivity index (χ0n) is 21.6. The maximum atomic E-state index is 13.8. The minimum Gasteiger partial charge on any atom is -0.508 e. The summed E-state index contributed by atoms with van der Waals surface area (Å²) in [5, 5.41) is 30.8. The third-order valence-corrected chi connectivity index (χ3v) is 6.96. The molecule has 8 nitrogen and oxygen atoms in total. The SMILES string of the molecule is COc1c(O)c([C@H](Cc2ccccc2)c2cc[nH]c2)c2c(c1OCCCO)C(=O)CC(c1ccc(O)cc1)O2. The second kappa shape index (κ2) is 11.5. The summed E-state index contributed by atoms with van der Waals surface area (Å²) in [4.78, 5) is 16.9. The number of hydrogen-bond acceptors (Lipinski definition) is 7. The second-order valence-corrected chi connectivity index (χ2v) is 9.47. The van der Waals surface area contributed by atoms with Crippen LogP contribution in [0.3, 0.4) is 0 Å². The van der Waals surface area contributed by atoms with E-state index >= 15 is 0 Å². The number of aromatic amines is 1. The highest BCUT2D eigenvalue weighted by Crippen LogP contribution is 2.55. The summed E-state index contributed by atoms with van der Waals surface area (Å²) in [7, 11) is 1.42. The molecule has 0 saturated carbocycles. The zero-order chi connectivity index (χ0) is 27.4. The van der Waals surface area contributed by atoms with E-state index in [2.05, 4.69) is 4.98 Å². The van der Waals surface area contributed by atoms with Crippen molar-refractivity contribution >= 4 is 5.78 Å². The van der Waals surface area contributed by atoms with Gasteiger partial charge in [0.1, 0.15) is 23.2 Å². The highest BCUT2D eigenvalue weighted by Gasteiger charge is 2.39. The Hall–Kier alpha value is -4.43. The van der Waals surface area contributed by atoms with Crippen molar-refractivity contribution in [2.24, 2.45) is 0 Å². The van der Waals surface area contributed by atoms with Crippen molar-refractivity contribution in [3.63, 3.8) is 0 Å². The van der Waals surface area contributed by atoms with E-state index < -0.39 is 6.10 Å². The van der Waals surface area contributed by atoms with E-state index in [1.807, 2.05) is 48.8 Å². The standard InChI is InChI=1S/C31H31NO7/c1-37-31-28(36)26(23(21-12-13-32-18-21)16-19-6-3-2-4-7-19)29-27(30(31)38-15-5-14-33)24(35)17-25(39-29)20-8-10-22(34)11-9-20/h2-4,6-13,18,23,25,32-34,36H,5,14-17H2,1H3/t23-,25?/m1/s1. The van der Waals surface area contributed by atoms with Crippen LogP contribution in [-0.4, -0.2) is 46.4 Å². The first-order valence-electron chi connectivity index (χ1n) is 12.9. The third-order valence-electron chi connectivity index (χ3n) is 6.96. The second-order valence-electron chi connectivity index (χ2n) is 9.47. The van der Waals surface area contributed by atoms with Crippen LogP contribution >= 0.6 is 0 Å². The van der Waals surface area contributed by atoms with Crippen molar-refractivity contribution in [3.05, 3.63) is 101 Å². The van der Waals surface area contributed by atoms with E-state index in [9.17, 15) is 20.1 Å². The molecule has 0 aliphatic carbocycles. The number of rotatable bonds is 10. The summed E-state index contributed by atoms with van der Waals surface area (Å²) in [6.45, 7) is 0.0343. The summed E-state index contributed by atoms with van der Waals surface area (Å²) < 4.78 is 18.1. The Balaban J connectivity index is 1.72. The van der Waals surface area contributed by atoms with E-state index in [0.29, 0.717) is 18.4 Å². The maximum Gasteiger partial charge on any atom is 0.204 e. The van der Waals surface area contributed by atoms with Crippen LogP contribution in [0, 0.1) is 0 Å². The molecule has 0 bridgehead atoms. The van der Waals surface area contributed by atoms with Crippen LogP contribution in [-0.2, 0) is 6.42 Å². The van der Waals surface area contributed by atoms with Gasteiger partial charge in [0.25, 0.3) is 0 Å². The number of benzene rings is 3. The summed E-state index contributed by atoms with van der Waals surface area (Å²) >= 11 is 0. The van der Waals surface area contributed by atoms with Crippen molar-refractivity contribution in [3.8, 4) is 28.7 Å². The van der Waals surface area contributed by atoms with Crippen LogP contribution in [0.4, 0.5) is 0 Å². The Bertz CT molecular complexity index is 1420. The molecule has 3 aromatic carbocycles. The molecule has 1 aliphatic rings. The van der Waals surface area contributed by atoms with Crippen LogP contribution in [0.25, 0.3) is 0 Å². The summed E-state index contributed by atoms with van der Waals surface area (Å²) in [6.07, 6.45) is 3.94. The molecule has 2 atom stereocenters. The fourth-order valence-corrected chi connectivity index (χ4v) is 5.07. The summed E-state index contributed by atoms with van der Waals surface area (Å²) in [5.41, 5.74) is 3.29. The highest BCUT2D eigenvalue weighted by molar-refractivity contribution is 6.04. The van der Waals surface area contributed by atoms with Crippen molar-refractivity contribution in [1.29, 1.82) is 0 Å². The molecule has 8 heteroatoms. The number of methoxy groups -OCH3 is 1. The first-order chi connectivity index (χ1) is 19.0. The molecule has 0 fully saturated rings. The van der Waals surface area contributed by atoms with Crippen LogP contribution in [0.1, 0.15) is 57.5 Å². The Morgan fingerprint density at radius 2 is 1.82 bits per heavy atom. The molecule has 4 aromatic rings. The van der Waals surface area contributed by atoms with Gasteiger partial charge in [-0.3, -0.25) is 4.79 Å². The number of carbonyl (C=O) groups excluding carboxylic acids is 1. The van der Waals surface area contributed by atoms with Crippen molar-refractivity contribution in [2.45, 2.75) is 31.3 Å². The van der Waals surface area contributed by atoms with Gasteiger partial charge in [-0.15, -0.1) is 0 Å². The molecule has 4 N–H and O–H groups in total. The van der Waals surface area contributed by atoms with Crippen molar-refractivity contribution in [1.82, 2.24) is 4.98 Å². The van der Waals surface area contributed by atoms with Gasteiger partial charge in [-0.25, -0.2) is 0 Å². The molecule has 2 heterocycles. The van der Waals surface area contributed by atoms with Crippen molar-refractivity contribution in [2.75, 3.05) is 20.3 Å². The van der Waals surface area contributed by atoms with Gasteiger partial charge in [0, 0.05) is 36.9 Å². The predicted octanol–water partition coefficient (Wildman–Crippen LogP) is 5.28. The number of aromatic hydroxyl groups is 2. The lowest BCUT2D eigenvalue weighted by Gasteiger charge is -2.32. The lowest BCUT2D eigenvalue weighted by molar-refractivity contribution is 0.0836. The van der Waals surface area contributed by atoms with E-state index in [-0.39, 0.29) is 65.6 Å². The quantitative estimate of drug-likeness (QED) is 0.206. The van der Waals surface area contributed by atoms with Gasteiger partial charge in [-0.1, -0.05) is 42.5 Å². The summed E-state index contributed by atoms with van der Waals surface area (Å²) in [6, 6.07) is 18.3. The molecule has 39 heavy (non-hydrogen) atoms. The number of fused-ring (bicyclic) bond motifs is 1. The minimum atomic E-state index is -0.633. The number of ether oxygens (including phenoxy) is 3. The normalized spacial score (nSPS) is 15.3. The first-order valence-corrected chi connectivity index (χ1v) is 12.9. The third kappa shape index (κ3) is 5.28. The number of Topliss-reactive ketones (excluding diaryl/α,β-unsaturated/α-hetero) is 1. The van der Waals surface area contributed by atoms with Gasteiger partial charge in [0.05, 0.1) is 20.1 Å². The van der Waals surface area contributed by atoms with E-state index in [1.165, 1.54) is 7.11 Å². The Morgan fingerprint density at radius 1 is 1.05 bits per heavy atom. The van der Waals surface area contributed by atoms with Crippen LogP contribution < -0.4 is 14.2 Å². The number of H-pyrrole nitrogens is 1. The molecule has 5 rings (SSSR count). The zero-order valence-corrected chi connectivity index (χ0v) is 21.6. The number of aliphatic hydroxyl groups excluding tert-OH is 1. The molecule has 0 amide bonds. The van der Waals surface area contributed by atoms with E-state index in [1.54, 1.807) is 24.3 Å². The van der Waals surface area contributed by atoms with Crippen LogP contribution in [0.2, 0.25) is 0 Å². The molecular weight excluding hydrogens is 498 g/mol. The molecule has 0 spiro atoms. The Kier molecular flexibility index (Phi) is 7.74. The fraction of sp³-hybridized carbons (Fsp3) is 0.258. The number of hydrogen-bond donors (Lipinski definition) is 4. The number of aromatic nitrogens is 1. The predicted molar refractivity (Wildman–Crippen MR) is 145 cm³/mol. The van der Waals surface area contributed by atoms with E-state index in [0.717, 1.165) is 16.7 Å². The minimum absolute atomic E-state index is 0.0367. The molecule has 1 unspecified atom stereocenters. The monoisotopic (exact) mass is 529 g/mol. The molecule has 1 aromatic heterocycles. The molecular formula is C31H31NO7. The van der Waals surface area contributed by atoms with Gasteiger partial charge < -0.3 is 34.5 Å². The number of phenolic OH excluding ortho intramolecular Hbond substituents is 2. The lowest BCUT2D eigenvalue weighted by atomic mass is 9.82. The fourth-order valence-electron chi connectivity index (χ4n) is 5.07. The first kappa shape index (κ1) is 26.2. The number of carbonyl (C=O) groups is 1. The van der Waals surface area contributed by atoms with Crippen LogP contribution in [0.15, 0.2) is 73.1 Å². The van der Waals surface area contributed by atoms with Crippen molar-refractivity contribution < 1.29 is 34.3 Å². The van der Waals surface area contributed by atoms with Crippen LogP contribution in [0.5, 0.6) is 28.7 Å². The number of aliphatic hydroxyl groups is 1. The lowest BCUT2D eigenvalue weighted by Crippen LogP contribution is -2.24. The Morgan fingerprint density at radius 3 is 2.49 bits per heavy atom. The van der Waals surface area contributed by atoms with E-state index in [4.69, 9.17) is 14.2 Å². The molecule has 0 radical (unpaired) electrons. The number of phenols is 2. The Labute approximate surface area is 226 Å². The van der Waals surface area contributed by atoms with Gasteiger partial charge >= 0.3 is 0 Å². The molecule has 1 aliphatic heterocycles. The van der Waals surface area contributed by atoms with Gasteiger partial charge in [-0.2, -0.15) is 0 Å². The average molecular weight is 530 g/mol. The average Bonchev–Trinajstić information content (AvgIpc) is 3.48. The largest absolute Gasteiger partial charge is 0.508 e. The molecule has 202 valence electrons.